The summed E-state index contributed by atoms with van der Waals surface area (Å²) in [6.07, 6.45) is 0. The Labute approximate surface area is 295 Å². The van der Waals surface area contributed by atoms with E-state index >= 15 is 0 Å². The first kappa shape index (κ1) is 28.8. The van der Waals surface area contributed by atoms with E-state index in [0.29, 0.717) is 0 Å². The van der Waals surface area contributed by atoms with E-state index in [0.717, 1.165) is 0 Å². The van der Waals surface area contributed by atoms with Gasteiger partial charge in [0.15, 0.2) is 0 Å². The molecule has 0 spiro atoms. The second-order valence-electron chi connectivity index (χ2n) is 12.9. The van der Waals surface area contributed by atoms with Gasteiger partial charge in [-0.05, 0) is 93.5 Å². The highest BCUT2D eigenvalue weighted by Gasteiger charge is 2.17. The molecule has 10 rings (SSSR count). The van der Waals surface area contributed by atoms with Crippen LogP contribution in [0.1, 0.15) is 0 Å². The SMILES string of the molecule is c1ccc(-c2ccc3sc4ccc(-c5cccc(-c6ccccc6-n6c7ccccc7c7cc(-c8ccccc8)ccc76)c5)cc4c3c2)cc1. The molecular formula is C48H31NS. The lowest BCUT2D eigenvalue weighted by Gasteiger charge is -2.15. The summed E-state index contributed by atoms with van der Waals surface area (Å²) in [4.78, 5) is 0. The van der Waals surface area contributed by atoms with Gasteiger partial charge in [0.1, 0.15) is 0 Å². The molecule has 234 valence electrons. The normalized spacial score (nSPS) is 11.6. The molecule has 0 saturated carbocycles. The molecular weight excluding hydrogens is 623 g/mol. The Morgan fingerprint density at radius 2 is 0.800 bits per heavy atom. The average Bonchev–Trinajstić information content (AvgIpc) is 3.73. The van der Waals surface area contributed by atoms with Crippen LogP contribution >= 0.6 is 11.3 Å². The Balaban J connectivity index is 1.10. The molecule has 2 heteroatoms. The number of hydrogen-bond acceptors (Lipinski definition) is 1. The zero-order valence-electron chi connectivity index (χ0n) is 27.3. The zero-order valence-corrected chi connectivity index (χ0v) is 28.1. The molecule has 0 aliphatic heterocycles. The quantitative estimate of drug-likeness (QED) is 0.174. The van der Waals surface area contributed by atoms with Gasteiger partial charge in [-0.1, -0.05) is 133 Å². The van der Waals surface area contributed by atoms with Gasteiger partial charge >= 0.3 is 0 Å². The average molecular weight is 654 g/mol. The van der Waals surface area contributed by atoms with Crippen molar-refractivity contribution >= 4 is 53.3 Å². The summed E-state index contributed by atoms with van der Waals surface area (Å²) in [5.41, 5.74) is 13.4. The Morgan fingerprint density at radius 3 is 1.52 bits per heavy atom. The monoisotopic (exact) mass is 653 g/mol. The summed E-state index contributed by atoms with van der Waals surface area (Å²) in [7, 11) is 0. The zero-order chi connectivity index (χ0) is 33.0. The summed E-state index contributed by atoms with van der Waals surface area (Å²) < 4.78 is 5.08. The molecule has 0 atom stereocenters. The van der Waals surface area contributed by atoms with Crippen LogP contribution in [-0.4, -0.2) is 4.57 Å². The maximum Gasteiger partial charge on any atom is 0.0541 e. The first-order valence-corrected chi connectivity index (χ1v) is 17.9. The lowest BCUT2D eigenvalue weighted by Crippen LogP contribution is -1.97. The first-order chi connectivity index (χ1) is 24.8. The number of nitrogens with zero attached hydrogens (tertiary/aromatic N) is 1. The predicted molar refractivity (Wildman–Crippen MR) is 215 cm³/mol. The number of benzene rings is 8. The van der Waals surface area contributed by atoms with E-state index < -0.39 is 0 Å². The first-order valence-electron chi connectivity index (χ1n) is 17.1. The summed E-state index contributed by atoms with van der Waals surface area (Å²) >= 11 is 1.87. The highest BCUT2D eigenvalue weighted by atomic mass is 32.1. The Morgan fingerprint density at radius 1 is 0.300 bits per heavy atom. The van der Waals surface area contributed by atoms with Crippen LogP contribution in [0.15, 0.2) is 188 Å². The van der Waals surface area contributed by atoms with E-state index in [1.54, 1.807) is 0 Å². The van der Waals surface area contributed by atoms with Gasteiger partial charge in [0.2, 0.25) is 0 Å². The van der Waals surface area contributed by atoms with Crippen molar-refractivity contribution in [1.82, 2.24) is 4.57 Å². The Hall–Kier alpha value is -6.22. The van der Waals surface area contributed by atoms with Crippen LogP contribution in [0.3, 0.4) is 0 Å². The predicted octanol–water partition coefficient (Wildman–Crippen LogP) is 13.8. The summed E-state index contributed by atoms with van der Waals surface area (Å²) in [6, 6.07) is 68.7. The van der Waals surface area contributed by atoms with E-state index in [4.69, 9.17) is 0 Å². The molecule has 1 nitrogen and oxygen atoms in total. The molecule has 0 amide bonds. The van der Waals surface area contributed by atoms with Crippen molar-refractivity contribution in [2.75, 3.05) is 0 Å². The van der Waals surface area contributed by atoms with E-state index in [1.807, 2.05) is 11.3 Å². The molecule has 2 heterocycles. The fourth-order valence-electron chi connectivity index (χ4n) is 7.59. The molecule has 0 radical (unpaired) electrons. The van der Waals surface area contributed by atoms with Gasteiger partial charge in [0, 0.05) is 36.5 Å². The van der Waals surface area contributed by atoms with Crippen molar-refractivity contribution in [3.05, 3.63) is 188 Å². The van der Waals surface area contributed by atoms with Crippen molar-refractivity contribution in [2.45, 2.75) is 0 Å². The van der Waals surface area contributed by atoms with Gasteiger partial charge in [-0.3, -0.25) is 0 Å². The maximum absolute atomic E-state index is 2.44. The van der Waals surface area contributed by atoms with Crippen LogP contribution in [0.5, 0.6) is 0 Å². The fraction of sp³-hybridized carbons (Fsp3) is 0. The third kappa shape index (κ3) is 4.76. The molecule has 0 N–H and O–H groups in total. The number of rotatable bonds is 5. The lowest BCUT2D eigenvalue weighted by atomic mass is 9.96. The standard InChI is InChI=1S/C48H31NS/c1-3-12-32(13-4-1)35-22-25-46-41(29-35)40-19-8-10-21-45(40)49(46)44-20-9-7-18-39(44)38-17-11-16-34(28-38)37-24-27-48-43(31-37)42-30-36(23-26-47(42)50-48)33-14-5-2-6-15-33/h1-31H. The molecule has 0 bridgehead atoms. The highest BCUT2D eigenvalue weighted by molar-refractivity contribution is 7.25. The summed E-state index contributed by atoms with van der Waals surface area (Å²) in [5.74, 6) is 0. The van der Waals surface area contributed by atoms with Crippen LogP contribution in [0.4, 0.5) is 0 Å². The van der Waals surface area contributed by atoms with Crippen molar-refractivity contribution < 1.29 is 0 Å². The number of thiophene rings is 1. The molecule has 2 aromatic heterocycles. The molecule has 0 aliphatic rings. The molecule has 50 heavy (non-hydrogen) atoms. The summed E-state index contributed by atoms with van der Waals surface area (Å²) in [6.45, 7) is 0. The Kier molecular flexibility index (Phi) is 6.75. The number of aromatic nitrogens is 1. The van der Waals surface area contributed by atoms with Crippen molar-refractivity contribution in [3.63, 3.8) is 0 Å². The van der Waals surface area contributed by atoms with Gasteiger partial charge < -0.3 is 4.57 Å². The molecule has 8 aromatic carbocycles. The molecule has 0 unspecified atom stereocenters. The minimum Gasteiger partial charge on any atom is -0.309 e. The largest absolute Gasteiger partial charge is 0.309 e. The van der Waals surface area contributed by atoms with Crippen molar-refractivity contribution in [1.29, 1.82) is 0 Å². The van der Waals surface area contributed by atoms with E-state index in [2.05, 4.69) is 193 Å². The van der Waals surface area contributed by atoms with Gasteiger partial charge in [0.25, 0.3) is 0 Å². The summed E-state index contributed by atoms with van der Waals surface area (Å²) in [5, 5.41) is 5.15. The molecule has 0 saturated heterocycles. The number of hydrogen-bond donors (Lipinski definition) is 0. The van der Waals surface area contributed by atoms with Gasteiger partial charge in [-0.25, -0.2) is 0 Å². The number of fused-ring (bicyclic) bond motifs is 6. The van der Waals surface area contributed by atoms with Crippen LogP contribution < -0.4 is 0 Å². The fourth-order valence-corrected chi connectivity index (χ4v) is 8.66. The topological polar surface area (TPSA) is 4.93 Å². The van der Waals surface area contributed by atoms with Gasteiger partial charge in [-0.2, -0.15) is 0 Å². The smallest absolute Gasteiger partial charge is 0.0541 e. The molecule has 0 fully saturated rings. The van der Waals surface area contributed by atoms with E-state index in [1.165, 1.54) is 92.2 Å². The molecule has 10 aromatic rings. The molecule has 0 aliphatic carbocycles. The third-order valence-corrected chi connectivity index (χ3v) is 11.2. The maximum atomic E-state index is 2.44. The van der Waals surface area contributed by atoms with Crippen molar-refractivity contribution in [2.24, 2.45) is 0 Å². The van der Waals surface area contributed by atoms with E-state index in [9.17, 15) is 0 Å². The van der Waals surface area contributed by atoms with Gasteiger partial charge in [0.05, 0.1) is 16.7 Å². The second kappa shape index (κ2) is 11.7. The van der Waals surface area contributed by atoms with Crippen LogP contribution in [-0.2, 0) is 0 Å². The van der Waals surface area contributed by atoms with Gasteiger partial charge in [-0.15, -0.1) is 11.3 Å². The minimum atomic E-state index is 1.18. The van der Waals surface area contributed by atoms with Crippen LogP contribution in [0.2, 0.25) is 0 Å². The minimum absolute atomic E-state index is 1.18. The second-order valence-corrected chi connectivity index (χ2v) is 14.0. The van der Waals surface area contributed by atoms with Crippen molar-refractivity contribution in [3.8, 4) is 50.2 Å². The third-order valence-electron chi connectivity index (χ3n) is 10.0. The van der Waals surface area contributed by atoms with Crippen LogP contribution in [0.25, 0.3) is 92.2 Å². The highest BCUT2D eigenvalue weighted by Crippen LogP contribution is 2.41. The van der Waals surface area contributed by atoms with E-state index in [-0.39, 0.29) is 0 Å². The number of para-hydroxylation sites is 2. The van der Waals surface area contributed by atoms with Crippen LogP contribution in [0, 0.1) is 0 Å². The Bertz CT molecular complexity index is 2860. The lowest BCUT2D eigenvalue weighted by molar-refractivity contribution is 1.18.